The largest absolute Gasteiger partial charge is 0.347 e. The molecule has 1 unspecified atom stereocenters. The number of likely N-dealkylation sites (N-methyl/N-ethyl adjacent to an activating group) is 1. The predicted octanol–water partition coefficient (Wildman–Crippen LogP) is 2.01. The van der Waals surface area contributed by atoms with E-state index in [9.17, 15) is 9.59 Å². The van der Waals surface area contributed by atoms with Crippen molar-refractivity contribution in [2.45, 2.75) is 19.0 Å². The minimum absolute atomic E-state index is 0.161. The Morgan fingerprint density at radius 2 is 1.87 bits per heavy atom. The molecule has 0 aliphatic heterocycles. The third-order valence-corrected chi connectivity index (χ3v) is 4.11. The minimum Gasteiger partial charge on any atom is -0.347 e. The van der Waals surface area contributed by atoms with Crippen molar-refractivity contribution in [2.75, 3.05) is 14.1 Å². The van der Waals surface area contributed by atoms with Crippen LogP contribution in [-0.2, 0) is 4.79 Å². The van der Waals surface area contributed by atoms with E-state index in [0.29, 0.717) is 0 Å². The first kappa shape index (κ1) is 17.0. The van der Waals surface area contributed by atoms with Crippen molar-refractivity contribution in [1.29, 1.82) is 0 Å². The van der Waals surface area contributed by atoms with Crippen molar-refractivity contribution in [3.63, 3.8) is 0 Å². The lowest BCUT2D eigenvalue weighted by Gasteiger charge is -2.21. The van der Waals surface area contributed by atoms with Gasteiger partial charge in [-0.3, -0.25) is 4.79 Å². The molecule has 3 amide bonds. The fourth-order valence-electron chi connectivity index (χ4n) is 2.13. The van der Waals surface area contributed by atoms with Gasteiger partial charge in [-0.25, -0.2) is 9.78 Å². The lowest BCUT2D eigenvalue weighted by molar-refractivity contribution is -0.130. The first-order valence-electron chi connectivity index (χ1n) is 7.21. The molecule has 122 valence electrons. The highest BCUT2D eigenvalue weighted by Crippen LogP contribution is 2.23. The van der Waals surface area contributed by atoms with Gasteiger partial charge in [0.25, 0.3) is 0 Å². The Morgan fingerprint density at radius 3 is 2.43 bits per heavy atom. The van der Waals surface area contributed by atoms with Crippen LogP contribution in [0.5, 0.6) is 0 Å². The van der Waals surface area contributed by atoms with Crippen molar-refractivity contribution < 1.29 is 9.59 Å². The highest BCUT2D eigenvalue weighted by molar-refractivity contribution is 7.09. The Kier molecular flexibility index (Phi) is 5.70. The summed E-state index contributed by atoms with van der Waals surface area (Å²) in [5, 5.41) is 8.20. The topological polar surface area (TPSA) is 74.3 Å². The number of carbonyl (C=O) groups excluding carboxylic acids is 2. The molecule has 0 spiro atoms. The average molecular weight is 332 g/mol. The average Bonchev–Trinajstić information content (AvgIpc) is 3.06. The van der Waals surface area contributed by atoms with Gasteiger partial charge in [-0.1, -0.05) is 30.3 Å². The van der Waals surface area contributed by atoms with E-state index in [2.05, 4.69) is 15.6 Å². The molecule has 2 N–H and O–H groups in total. The predicted molar refractivity (Wildman–Crippen MR) is 90.2 cm³/mol. The van der Waals surface area contributed by atoms with E-state index in [1.54, 1.807) is 27.2 Å². The molecule has 0 saturated heterocycles. The number of nitrogens with one attached hydrogen (secondary N) is 2. The molecule has 2 atom stereocenters. The highest BCUT2D eigenvalue weighted by atomic mass is 32.1. The van der Waals surface area contributed by atoms with Gasteiger partial charge in [-0.05, 0) is 12.5 Å². The molecule has 2 aromatic rings. The molecule has 0 aliphatic rings. The van der Waals surface area contributed by atoms with E-state index in [1.165, 1.54) is 16.2 Å². The van der Waals surface area contributed by atoms with Gasteiger partial charge in [-0.2, -0.15) is 0 Å². The Morgan fingerprint density at radius 1 is 1.17 bits per heavy atom. The Labute approximate surface area is 139 Å². The summed E-state index contributed by atoms with van der Waals surface area (Å²) in [4.78, 5) is 29.8. The van der Waals surface area contributed by atoms with Crippen LogP contribution in [0.3, 0.4) is 0 Å². The summed E-state index contributed by atoms with van der Waals surface area (Å²) in [7, 11) is 3.31. The SMILES string of the molecule is C[C@H](NC(=O)NC(c1ccccc1)c1nccs1)C(=O)N(C)C. The van der Waals surface area contributed by atoms with Gasteiger partial charge in [-0.15, -0.1) is 11.3 Å². The number of thiazole rings is 1. The second-order valence-corrected chi connectivity index (χ2v) is 6.21. The van der Waals surface area contributed by atoms with Gasteiger partial charge < -0.3 is 15.5 Å². The molecule has 0 bridgehead atoms. The number of hydrogen-bond acceptors (Lipinski definition) is 4. The minimum atomic E-state index is -0.599. The zero-order valence-corrected chi connectivity index (χ0v) is 14.1. The van der Waals surface area contributed by atoms with Crippen LogP contribution in [0.2, 0.25) is 0 Å². The summed E-state index contributed by atoms with van der Waals surface area (Å²) < 4.78 is 0. The van der Waals surface area contributed by atoms with Gasteiger partial charge >= 0.3 is 6.03 Å². The number of benzene rings is 1. The molecular formula is C16H20N4O2S. The molecule has 1 heterocycles. The third kappa shape index (κ3) is 4.53. The van der Waals surface area contributed by atoms with Gasteiger partial charge in [0, 0.05) is 25.7 Å². The summed E-state index contributed by atoms with van der Waals surface area (Å²) >= 11 is 1.47. The molecule has 2 rings (SSSR count). The molecule has 23 heavy (non-hydrogen) atoms. The molecule has 6 nitrogen and oxygen atoms in total. The maximum Gasteiger partial charge on any atom is 0.316 e. The van der Waals surface area contributed by atoms with Crippen LogP contribution >= 0.6 is 11.3 Å². The number of carbonyl (C=O) groups is 2. The Bertz CT molecular complexity index is 643. The van der Waals surface area contributed by atoms with E-state index in [4.69, 9.17) is 0 Å². The van der Waals surface area contributed by atoms with Crippen LogP contribution in [0, 0.1) is 0 Å². The number of amides is 3. The first-order valence-corrected chi connectivity index (χ1v) is 8.09. The summed E-state index contributed by atoms with van der Waals surface area (Å²) in [5.74, 6) is -0.161. The van der Waals surface area contributed by atoms with Crippen LogP contribution in [0.4, 0.5) is 4.79 Å². The van der Waals surface area contributed by atoms with Gasteiger partial charge in [0.05, 0.1) is 0 Å². The lowest BCUT2D eigenvalue weighted by atomic mass is 10.1. The van der Waals surface area contributed by atoms with Crippen LogP contribution < -0.4 is 10.6 Å². The van der Waals surface area contributed by atoms with Crippen molar-refractivity contribution in [2.24, 2.45) is 0 Å². The first-order chi connectivity index (χ1) is 11.0. The molecule has 0 fully saturated rings. The molecule has 0 saturated carbocycles. The molecular weight excluding hydrogens is 312 g/mol. The van der Waals surface area contributed by atoms with E-state index < -0.39 is 12.1 Å². The van der Waals surface area contributed by atoms with Gasteiger partial charge in [0.15, 0.2) is 0 Å². The van der Waals surface area contributed by atoms with Gasteiger partial charge in [0.2, 0.25) is 5.91 Å². The van der Waals surface area contributed by atoms with E-state index in [-0.39, 0.29) is 11.9 Å². The molecule has 1 aromatic heterocycles. The summed E-state index contributed by atoms with van der Waals surface area (Å²) in [6.45, 7) is 1.66. The fourth-order valence-corrected chi connectivity index (χ4v) is 2.84. The standard InChI is InChI=1S/C16H20N4O2S/c1-11(15(21)20(2)3)18-16(22)19-13(14-17-9-10-23-14)12-7-5-4-6-8-12/h4-11,13H,1-3H3,(H2,18,19,22)/t11-,13?/m0/s1. The summed E-state index contributed by atoms with van der Waals surface area (Å²) in [5.41, 5.74) is 0.934. The van der Waals surface area contributed by atoms with Crippen molar-refractivity contribution >= 4 is 23.3 Å². The van der Waals surface area contributed by atoms with Crippen LogP contribution in [0.25, 0.3) is 0 Å². The lowest BCUT2D eigenvalue weighted by Crippen LogP contribution is -2.48. The number of urea groups is 1. The maximum atomic E-state index is 12.2. The second kappa shape index (κ2) is 7.73. The number of nitrogens with zero attached hydrogens (tertiary/aromatic N) is 2. The fraction of sp³-hybridized carbons (Fsp3) is 0.312. The van der Waals surface area contributed by atoms with E-state index in [1.807, 2.05) is 35.7 Å². The van der Waals surface area contributed by atoms with Crippen LogP contribution in [0.1, 0.15) is 23.5 Å². The van der Waals surface area contributed by atoms with Crippen molar-refractivity contribution in [3.05, 3.63) is 52.5 Å². The normalized spacial score (nSPS) is 13.0. The highest BCUT2D eigenvalue weighted by Gasteiger charge is 2.22. The van der Waals surface area contributed by atoms with Crippen LogP contribution in [0.15, 0.2) is 41.9 Å². The third-order valence-electron chi connectivity index (χ3n) is 3.27. The molecule has 1 aromatic carbocycles. The number of rotatable bonds is 5. The maximum absolute atomic E-state index is 12.2. The quantitative estimate of drug-likeness (QED) is 0.879. The van der Waals surface area contributed by atoms with Crippen molar-refractivity contribution in [3.8, 4) is 0 Å². The smallest absolute Gasteiger partial charge is 0.316 e. The van der Waals surface area contributed by atoms with E-state index >= 15 is 0 Å². The number of hydrogen-bond donors (Lipinski definition) is 2. The Hall–Kier alpha value is -2.41. The zero-order chi connectivity index (χ0) is 16.8. The zero-order valence-electron chi connectivity index (χ0n) is 13.3. The monoisotopic (exact) mass is 332 g/mol. The molecule has 0 radical (unpaired) electrons. The van der Waals surface area contributed by atoms with E-state index in [0.717, 1.165) is 10.6 Å². The van der Waals surface area contributed by atoms with Gasteiger partial charge in [0.1, 0.15) is 17.1 Å². The summed E-state index contributed by atoms with van der Waals surface area (Å²) in [6.07, 6.45) is 1.70. The van der Waals surface area contributed by atoms with Crippen molar-refractivity contribution in [1.82, 2.24) is 20.5 Å². The van der Waals surface area contributed by atoms with Crippen LogP contribution in [-0.4, -0.2) is 42.0 Å². The molecule has 7 heteroatoms. The number of aromatic nitrogens is 1. The second-order valence-electron chi connectivity index (χ2n) is 5.29. The summed E-state index contributed by atoms with van der Waals surface area (Å²) in [6, 6.07) is 8.25. The molecule has 0 aliphatic carbocycles. The Balaban J connectivity index is 2.10.